The van der Waals surface area contributed by atoms with Crippen LogP contribution in [0.4, 0.5) is 0 Å². The van der Waals surface area contributed by atoms with Crippen LogP contribution in [0.15, 0.2) is 12.3 Å². The van der Waals surface area contributed by atoms with E-state index in [4.69, 9.17) is 23.2 Å². The minimum atomic E-state index is -0.117. The average Bonchev–Trinajstić information content (AvgIpc) is 2.42. The molecule has 0 aromatic carbocycles. The Hall–Kier alpha value is -0.800. The lowest BCUT2D eigenvalue weighted by Crippen LogP contribution is -2.44. The summed E-state index contributed by atoms with van der Waals surface area (Å²) < 4.78 is 0. The summed E-state index contributed by atoms with van der Waals surface area (Å²) >= 11 is 11.7. The maximum atomic E-state index is 12.3. The van der Waals surface area contributed by atoms with E-state index in [2.05, 4.69) is 24.1 Å². The van der Waals surface area contributed by atoms with Gasteiger partial charge in [-0.15, -0.1) is 0 Å². The highest BCUT2D eigenvalue weighted by Gasteiger charge is 2.29. The SMILES string of the molecule is CC(C)C1CCCCC1NC(=O)c1cnc(Cl)c(Cl)c1. The van der Waals surface area contributed by atoms with Gasteiger partial charge in [0.05, 0.1) is 10.6 Å². The maximum absolute atomic E-state index is 12.3. The van der Waals surface area contributed by atoms with E-state index in [1.54, 1.807) is 6.07 Å². The van der Waals surface area contributed by atoms with E-state index in [1.807, 2.05) is 0 Å². The van der Waals surface area contributed by atoms with E-state index in [1.165, 1.54) is 25.5 Å². The first kappa shape index (κ1) is 15.6. The number of nitrogens with one attached hydrogen (secondary N) is 1. The molecule has 1 saturated carbocycles. The van der Waals surface area contributed by atoms with Crippen molar-refractivity contribution >= 4 is 29.1 Å². The monoisotopic (exact) mass is 314 g/mol. The molecule has 3 nitrogen and oxygen atoms in total. The zero-order chi connectivity index (χ0) is 14.7. The zero-order valence-electron chi connectivity index (χ0n) is 11.8. The lowest BCUT2D eigenvalue weighted by atomic mass is 9.78. The van der Waals surface area contributed by atoms with E-state index in [-0.39, 0.29) is 17.1 Å². The molecule has 1 amide bonds. The molecule has 0 spiro atoms. The maximum Gasteiger partial charge on any atom is 0.253 e. The van der Waals surface area contributed by atoms with E-state index < -0.39 is 0 Å². The summed E-state index contributed by atoms with van der Waals surface area (Å²) in [5.41, 5.74) is 0.465. The summed E-state index contributed by atoms with van der Waals surface area (Å²) in [6, 6.07) is 1.81. The van der Waals surface area contributed by atoms with Crippen molar-refractivity contribution in [3.05, 3.63) is 28.0 Å². The largest absolute Gasteiger partial charge is 0.349 e. The number of halogens is 2. The predicted octanol–water partition coefficient (Wildman–Crippen LogP) is 4.33. The standard InChI is InChI=1S/C15H20Cl2N2O/c1-9(2)11-5-3-4-6-13(11)19-15(20)10-7-12(16)14(17)18-8-10/h7-9,11,13H,3-6H2,1-2H3,(H,19,20). The number of carbonyl (C=O) groups is 1. The van der Waals surface area contributed by atoms with Crippen molar-refractivity contribution in [2.24, 2.45) is 11.8 Å². The Morgan fingerprint density at radius 3 is 2.70 bits per heavy atom. The molecule has 2 unspecified atom stereocenters. The molecule has 1 aromatic rings. The Bertz CT molecular complexity index is 491. The van der Waals surface area contributed by atoms with Crippen molar-refractivity contribution in [3.8, 4) is 0 Å². The first-order valence-corrected chi connectivity index (χ1v) is 7.86. The van der Waals surface area contributed by atoms with Crippen LogP contribution in [-0.4, -0.2) is 16.9 Å². The predicted molar refractivity (Wildman–Crippen MR) is 82.3 cm³/mol. The van der Waals surface area contributed by atoms with Gasteiger partial charge >= 0.3 is 0 Å². The molecule has 2 rings (SSSR count). The summed E-state index contributed by atoms with van der Waals surface area (Å²) in [7, 11) is 0. The van der Waals surface area contributed by atoms with Crippen LogP contribution in [0.25, 0.3) is 0 Å². The smallest absolute Gasteiger partial charge is 0.253 e. The number of carbonyl (C=O) groups excluding carboxylic acids is 1. The summed E-state index contributed by atoms with van der Waals surface area (Å²) in [5, 5.41) is 3.66. The Morgan fingerprint density at radius 1 is 1.35 bits per heavy atom. The number of pyridine rings is 1. The van der Waals surface area contributed by atoms with Crippen LogP contribution < -0.4 is 5.32 Å². The van der Waals surface area contributed by atoms with Crippen molar-refractivity contribution in [2.75, 3.05) is 0 Å². The number of hydrogen-bond donors (Lipinski definition) is 1. The lowest BCUT2D eigenvalue weighted by Gasteiger charge is -2.34. The number of hydrogen-bond acceptors (Lipinski definition) is 2. The van der Waals surface area contributed by atoms with Gasteiger partial charge in [-0.1, -0.05) is 49.9 Å². The van der Waals surface area contributed by atoms with Crippen LogP contribution in [0.2, 0.25) is 10.2 Å². The van der Waals surface area contributed by atoms with E-state index in [0.29, 0.717) is 22.4 Å². The summed E-state index contributed by atoms with van der Waals surface area (Å²) in [6.45, 7) is 4.44. The van der Waals surface area contributed by atoms with Gasteiger partial charge in [0.25, 0.3) is 5.91 Å². The van der Waals surface area contributed by atoms with Gasteiger partial charge in [-0.05, 0) is 30.7 Å². The second-order valence-corrected chi connectivity index (χ2v) is 6.53. The minimum Gasteiger partial charge on any atom is -0.349 e. The Labute approximate surface area is 130 Å². The van der Waals surface area contributed by atoms with Crippen LogP contribution in [0, 0.1) is 11.8 Å². The number of amides is 1. The third kappa shape index (κ3) is 3.64. The molecule has 1 aliphatic rings. The lowest BCUT2D eigenvalue weighted by molar-refractivity contribution is 0.0889. The van der Waals surface area contributed by atoms with Gasteiger partial charge in [-0.2, -0.15) is 0 Å². The second kappa shape index (κ2) is 6.77. The molecule has 0 saturated heterocycles. The molecular formula is C15H20Cl2N2O. The normalized spacial score (nSPS) is 22.9. The molecule has 1 aliphatic carbocycles. The van der Waals surface area contributed by atoms with Crippen molar-refractivity contribution in [1.29, 1.82) is 0 Å². The van der Waals surface area contributed by atoms with Crippen LogP contribution >= 0.6 is 23.2 Å². The molecule has 1 heterocycles. The molecule has 110 valence electrons. The average molecular weight is 315 g/mol. The highest BCUT2D eigenvalue weighted by Crippen LogP contribution is 2.30. The van der Waals surface area contributed by atoms with Crippen LogP contribution in [-0.2, 0) is 0 Å². The van der Waals surface area contributed by atoms with Crippen LogP contribution in [0.3, 0.4) is 0 Å². The molecule has 1 N–H and O–H groups in total. The Kier molecular flexibility index (Phi) is 5.28. The molecule has 2 atom stereocenters. The van der Waals surface area contributed by atoms with E-state index >= 15 is 0 Å². The molecule has 20 heavy (non-hydrogen) atoms. The molecule has 5 heteroatoms. The highest BCUT2D eigenvalue weighted by atomic mass is 35.5. The molecule has 1 aromatic heterocycles. The second-order valence-electron chi connectivity index (χ2n) is 5.77. The molecular weight excluding hydrogens is 295 g/mol. The number of rotatable bonds is 3. The van der Waals surface area contributed by atoms with Crippen LogP contribution in [0.5, 0.6) is 0 Å². The first-order valence-electron chi connectivity index (χ1n) is 7.11. The molecule has 0 bridgehead atoms. The van der Waals surface area contributed by atoms with Gasteiger partial charge in [0, 0.05) is 12.2 Å². The Morgan fingerprint density at radius 2 is 2.05 bits per heavy atom. The Balaban J connectivity index is 2.07. The summed E-state index contributed by atoms with van der Waals surface area (Å²) in [4.78, 5) is 16.2. The zero-order valence-corrected chi connectivity index (χ0v) is 13.3. The van der Waals surface area contributed by atoms with Gasteiger partial charge in [0.15, 0.2) is 0 Å². The van der Waals surface area contributed by atoms with Gasteiger partial charge in [-0.3, -0.25) is 4.79 Å². The van der Waals surface area contributed by atoms with Crippen molar-refractivity contribution in [3.63, 3.8) is 0 Å². The fourth-order valence-electron chi connectivity index (χ4n) is 2.93. The van der Waals surface area contributed by atoms with Gasteiger partial charge in [-0.25, -0.2) is 4.98 Å². The number of aromatic nitrogens is 1. The molecule has 0 radical (unpaired) electrons. The first-order chi connectivity index (χ1) is 9.49. The van der Waals surface area contributed by atoms with Crippen molar-refractivity contribution in [2.45, 2.75) is 45.6 Å². The quantitative estimate of drug-likeness (QED) is 0.843. The van der Waals surface area contributed by atoms with Gasteiger partial charge in [0.2, 0.25) is 0 Å². The fourth-order valence-corrected chi connectivity index (χ4v) is 3.20. The highest BCUT2D eigenvalue weighted by molar-refractivity contribution is 6.41. The topological polar surface area (TPSA) is 42.0 Å². The molecule has 0 aliphatic heterocycles. The van der Waals surface area contributed by atoms with Crippen LogP contribution in [0.1, 0.15) is 49.9 Å². The molecule has 1 fully saturated rings. The van der Waals surface area contributed by atoms with Gasteiger partial charge in [0.1, 0.15) is 5.15 Å². The summed E-state index contributed by atoms with van der Waals surface area (Å²) in [6.07, 6.45) is 6.12. The third-order valence-electron chi connectivity index (χ3n) is 4.05. The van der Waals surface area contributed by atoms with Crippen molar-refractivity contribution in [1.82, 2.24) is 10.3 Å². The number of nitrogens with zero attached hydrogens (tertiary/aromatic N) is 1. The van der Waals surface area contributed by atoms with E-state index in [9.17, 15) is 4.79 Å². The van der Waals surface area contributed by atoms with Crippen molar-refractivity contribution < 1.29 is 4.79 Å². The fraction of sp³-hybridized carbons (Fsp3) is 0.600. The summed E-state index contributed by atoms with van der Waals surface area (Å²) in [5.74, 6) is 1.00. The minimum absolute atomic E-state index is 0.117. The van der Waals surface area contributed by atoms with Gasteiger partial charge < -0.3 is 5.32 Å². The van der Waals surface area contributed by atoms with E-state index in [0.717, 1.165) is 6.42 Å². The third-order valence-corrected chi connectivity index (χ3v) is 4.74.